The Morgan fingerprint density at radius 3 is 2.30 bits per heavy atom. The van der Waals surface area contributed by atoms with Gasteiger partial charge in [0.05, 0.1) is 6.04 Å². The van der Waals surface area contributed by atoms with E-state index in [4.69, 9.17) is 11.5 Å². The van der Waals surface area contributed by atoms with Crippen LogP contribution >= 0.6 is 0 Å². The Balaban J connectivity index is 1.91. The van der Waals surface area contributed by atoms with Gasteiger partial charge in [0.25, 0.3) is 5.91 Å². The van der Waals surface area contributed by atoms with Crippen LogP contribution in [0.2, 0.25) is 0 Å². The van der Waals surface area contributed by atoms with Crippen LogP contribution in [0.15, 0.2) is 54.6 Å². The molecule has 0 unspecified atom stereocenters. The number of aromatic hydroxyl groups is 1. The summed E-state index contributed by atoms with van der Waals surface area (Å²) >= 11 is 0. The minimum absolute atomic E-state index is 0.0742. The molecule has 1 aliphatic heterocycles. The van der Waals surface area contributed by atoms with Gasteiger partial charge in [0.1, 0.15) is 23.9 Å². The number of hydrogen-bond acceptors (Lipinski definition) is 7. The predicted octanol–water partition coefficient (Wildman–Crippen LogP) is 0.361. The number of nitrogens with two attached hydrogens (primary N) is 2. The number of nitrogens with zero attached hydrogens (tertiary/aromatic N) is 1. The fourth-order valence-electron chi connectivity index (χ4n) is 4.34. The molecule has 4 amide bonds. The summed E-state index contributed by atoms with van der Waals surface area (Å²) < 4.78 is 0. The molecule has 1 saturated heterocycles. The quantitative estimate of drug-likeness (QED) is 0.304. The van der Waals surface area contributed by atoms with Crippen LogP contribution in [0.4, 0.5) is 0 Å². The molecule has 7 N–H and O–H groups in total. The number of nitrogens with one attached hydrogen (secondary N) is 2. The fourth-order valence-corrected chi connectivity index (χ4v) is 4.34. The van der Waals surface area contributed by atoms with E-state index in [1.54, 1.807) is 12.1 Å². The van der Waals surface area contributed by atoms with Crippen molar-refractivity contribution in [1.29, 1.82) is 0 Å². The third-order valence-corrected chi connectivity index (χ3v) is 6.37. The lowest BCUT2D eigenvalue weighted by molar-refractivity contribution is -0.154. The lowest BCUT2D eigenvalue weighted by Crippen LogP contribution is -2.59. The zero-order valence-electron chi connectivity index (χ0n) is 20.9. The molecule has 10 nitrogen and oxygen atoms in total. The second-order valence-corrected chi connectivity index (χ2v) is 9.30. The highest BCUT2D eigenvalue weighted by molar-refractivity contribution is 6.06. The molecule has 2 aromatic carbocycles. The lowest BCUT2D eigenvalue weighted by Gasteiger charge is -2.32. The molecule has 198 valence electrons. The van der Waals surface area contributed by atoms with Gasteiger partial charge in [-0.3, -0.25) is 24.1 Å². The van der Waals surface area contributed by atoms with Crippen LogP contribution < -0.4 is 22.1 Å². The average Bonchev–Trinajstić information content (AvgIpc) is 2.91. The summed E-state index contributed by atoms with van der Waals surface area (Å²) in [6, 6.07) is 11.2. The summed E-state index contributed by atoms with van der Waals surface area (Å²) in [6.07, 6.45) is 1.60. The minimum atomic E-state index is -1.15. The molecule has 2 aromatic rings. The molecule has 10 heteroatoms. The van der Waals surface area contributed by atoms with Gasteiger partial charge in [-0.25, -0.2) is 0 Å². The van der Waals surface area contributed by atoms with Crippen LogP contribution in [0.1, 0.15) is 37.3 Å². The summed E-state index contributed by atoms with van der Waals surface area (Å²) in [5.74, 6) is -2.45. The highest BCUT2D eigenvalue weighted by atomic mass is 16.3. The number of hydrogen-bond donors (Lipinski definition) is 5. The van der Waals surface area contributed by atoms with E-state index in [-0.39, 0.29) is 25.0 Å². The Morgan fingerprint density at radius 1 is 0.973 bits per heavy atom. The van der Waals surface area contributed by atoms with E-state index in [2.05, 4.69) is 10.6 Å². The second-order valence-electron chi connectivity index (χ2n) is 9.30. The average molecular weight is 510 g/mol. The van der Waals surface area contributed by atoms with E-state index in [0.717, 1.165) is 10.5 Å². The maximum absolute atomic E-state index is 13.6. The molecule has 0 saturated carbocycles. The standard InChI is InChI=1S/C27H35N5O5/c1-17-26(36)32(27(37)21(29)15-19-10-12-20(33)13-11-19)23(9-5-6-14-28)25(35)31-22(24(34)30-17)16-18-7-3-2-4-8-18/h2-4,7-8,10-13,17,21-23,33H,5-6,9,14-16,28-29H2,1H3,(H,30,34)(H,31,35)/t17-,21+,22+,23+/m1/s1. The molecule has 3 rings (SSSR count). The van der Waals surface area contributed by atoms with Crippen molar-refractivity contribution < 1.29 is 24.3 Å². The molecule has 0 spiro atoms. The molecule has 1 fully saturated rings. The summed E-state index contributed by atoms with van der Waals surface area (Å²) in [7, 11) is 0. The first-order valence-electron chi connectivity index (χ1n) is 12.5. The summed E-state index contributed by atoms with van der Waals surface area (Å²) in [5.41, 5.74) is 13.4. The number of imide groups is 1. The number of benzene rings is 2. The first-order valence-corrected chi connectivity index (χ1v) is 12.5. The smallest absolute Gasteiger partial charge is 0.252 e. The number of amides is 4. The van der Waals surface area contributed by atoms with Crippen LogP contribution in [0, 0.1) is 0 Å². The van der Waals surface area contributed by atoms with Crippen molar-refractivity contribution in [3.63, 3.8) is 0 Å². The van der Waals surface area contributed by atoms with E-state index in [0.29, 0.717) is 24.9 Å². The van der Waals surface area contributed by atoms with Crippen molar-refractivity contribution in [2.24, 2.45) is 11.5 Å². The summed E-state index contributed by atoms with van der Waals surface area (Å²) in [4.78, 5) is 54.5. The van der Waals surface area contributed by atoms with Gasteiger partial charge in [0.15, 0.2) is 0 Å². The number of carbonyl (C=O) groups excluding carboxylic acids is 4. The largest absolute Gasteiger partial charge is 0.508 e. The van der Waals surface area contributed by atoms with Gasteiger partial charge >= 0.3 is 0 Å². The number of phenolic OH excluding ortho intramolecular Hbond substituents is 1. The molecule has 37 heavy (non-hydrogen) atoms. The van der Waals surface area contributed by atoms with Gasteiger partial charge in [0.2, 0.25) is 17.7 Å². The maximum Gasteiger partial charge on any atom is 0.252 e. The summed E-state index contributed by atoms with van der Waals surface area (Å²) in [6.45, 7) is 1.88. The van der Waals surface area contributed by atoms with E-state index in [1.165, 1.54) is 19.1 Å². The van der Waals surface area contributed by atoms with Crippen molar-refractivity contribution in [2.75, 3.05) is 6.54 Å². The normalized spacial score (nSPS) is 21.3. The molecular formula is C27H35N5O5. The van der Waals surface area contributed by atoms with Crippen LogP contribution in [0.25, 0.3) is 0 Å². The van der Waals surface area contributed by atoms with Gasteiger partial charge in [-0.15, -0.1) is 0 Å². The highest BCUT2D eigenvalue weighted by Gasteiger charge is 2.41. The molecule has 0 aliphatic carbocycles. The first kappa shape index (κ1) is 27.8. The molecule has 0 aromatic heterocycles. The molecule has 1 aliphatic rings. The molecule has 0 bridgehead atoms. The zero-order valence-corrected chi connectivity index (χ0v) is 20.9. The van der Waals surface area contributed by atoms with E-state index < -0.39 is 47.8 Å². The minimum Gasteiger partial charge on any atom is -0.508 e. The molecule has 4 atom stereocenters. The number of carbonyl (C=O) groups is 4. The van der Waals surface area contributed by atoms with E-state index in [1.807, 2.05) is 30.3 Å². The van der Waals surface area contributed by atoms with Gasteiger partial charge in [-0.2, -0.15) is 0 Å². The predicted molar refractivity (Wildman–Crippen MR) is 138 cm³/mol. The van der Waals surface area contributed by atoms with Gasteiger partial charge in [-0.05, 0) is 62.4 Å². The monoisotopic (exact) mass is 509 g/mol. The van der Waals surface area contributed by atoms with Crippen molar-refractivity contribution in [3.05, 3.63) is 65.7 Å². The highest BCUT2D eigenvalue weighted by Crippen LogP contribution is 2.18. The summed E-state index contributed by atoms with van der Waals surface area (Å²) in [5, 5.41) is 14.9. The fraction of sp³-hybridized carbons (Fsp3) is 0.407. The second kappa shape index (κ2) is 13.0. The Morgan fingerprint density at radius 2 is 1.65 bits per heavy atom. The number of phenols is 1. The van der Waals surface area contributed by atoms with Crippen molar-refractivity contribution in [1.82, 2.24) is 15.5 Å². The van der Waals surface area contributed by atoms with Crippen molar-refractivity contribution in [3.8, 4) is 5.75 Å². The Bertz CT molecular complexity index is 1090. The van der Waals surface area contributed by atoms with Crippen LogP contribution in [-0.4, -0.2) is 64.3 Å². The van der Waals surface area contributed by atoms with Crippen molar-refractivity contribution >= 4 is 23.6 Å². The van der Waals surface area contributed by atoms with Gasteiger partial charge in [-0.1, -0.05) is 42.5 Å². The van der Waals surface area contributed by atoms with Crippen LogP contribution in [0.5, 0.6) is 5.75 Å². The lowest BCUT2D eigenvalue weighted by atomic mass is 10.0. The maximum atomic E-state index is 13.6. The number of unbranched alkanes of at least 4 members (excludes halogenated alkanes) is 1. The van der Waals surface area contributed by atoms with E-state index in [9.17, 15) is 24.3 Å². The first-order chi connectivity index (χ1) is 17.7. The topological polar surface area (TPSA) is 168 Å². The molecule has 1 heterocycles. The Hall–Kier alpha value is -3.76. The molecule has 0 radical (unpaired) electrons. The zero-order chi connectivity index (χ0) is 26.9. The van der Waals surface area contributed by atoms with E-state index >= 15 is 0 Å². The van der Waals surface area contributed by atoms with Crippen LogP contribution in [0.3, 0.4) is 0 Å². The van der Waals surface area contributed by atoms with Crippen LogP contribution in [-0.2, 0) is 32.0 Å². The number of rotatable bonds is 9. The molecular weight excluding hydrogens is 474 g/mol. The third kappa shape index (κ3) is 7.37. The van der Waals surface area contributed by atoms with Crippen molar-refractivity contribution in [2.45, 2.75) is 63.2 Å². The van der Waals surface area contributed by atoms with Gasteiger partial charge in [0, 0.05) is 6.42 Å². The Labute approximate surface area is 216 Å². The Kier molecular flexibility index (Phi) is 9.76. The van der Waals surface area contributed by atoms with Gasteiger partial charge < -0.3 is 27.2 Å². The third-order valence-electron chi connectivity index (χ3n) is 6.37. The SMILES string of the molecule is C[C@H]1NC(=O)[C@H](Cc2ccccc2)NC(=O)[C@H](CCCCN)N(C(=O)[C@@H](N)Cc2ccc(O)cc2)C1=O.